The van der Waals surface area contributed by atoms with Gasteiger partial charge in [-0.1, -0.05) is 50.6 Å². The van der Waals surface area contributed by atoms with Crippen LogP contribution in [0.1, 0.15) is 69.8 Å². The Morgan fingerprint density at radius 1 is 1.24 bits per heavy atom. The standard InChI is InChI=1S/C29H39NO4/c1-4-20(28-18(2)13-16-25(34-28)19(3)29(32)33)8-5-10-22-15-14-21-9-6-11-23(21)26(22)27(31)24-12-7-17-30-24/h5,7-8,10,12,14-15,17-19,21-23,25-26,28,30H,4,6,9,11,13,16H2,1-3H3,(H,32,33)/b10-5-,20-8+. The molecule has 8 unspecified atom stereocenters. The zero-order valence-electron chi connectivity index (χ0n) is 20.7. The second-order valence-corrected chi connectivity index (χ2v) is 10.5. The van der Waals surface area contributed by atoms with E-state index in [1.807, 2.05) is 18.3 Å². The van der Waals surface area contributed by atoms with E-state index < -0.39 is 11.9 Å². The topological polar surface area (TPSA) is 79.4 Å². The summed E-state index contributed by atoms with van der Waals surface area (Å²) in [6.07, 6.45) is 18.6. The van der Waals surface area contributed by atoms with E-state index in [1.54, 1.807) is 6.92 Å². The summed E-state index contributed by atoms with van der Waals surface area (Å²) in [7, 11) is 0. The van der Waals surface area contributed by atoms with Crippen LogP contribution in [0.2, 0.25) is 0 Å². The van der Waals surface area contributed by atoms with E-state index in [4.69, 9.17) is 4.74 Å². The third-order valence-electron chi connectivity index (χ3n) is 8.36. The summed E-state index contributed by atoms with van der Waals surface area (Å²) in [5.41, 5.74) is 1.90. The Labute approximate surface area is 203 Å². The van der Waals surface area contributed by atoms with Gasteiger partial charge in [-0.2, -0.15) is 0 Å². The van der Waals surface area contributed by atoms with E-state index in [1.165, 1.54) is 18.4 Å². The lowest BCUT2D eigenvalue weighted by molar-refractivity contribution is -0.152. The summed E-state index contributed by atoms with van der Waals surface area (Å²) in [4.78, 5) is 28.0. The fourth-order valence-corrected chi connectivity index (χ4v) is 6.26. The van der Waals surface area contributed by atoms with Crippen LogP contribution in [0.5, 0.6) is 0 Å². The van der Waals surface area contributed by atoms with Gasteiger partial charge in [-0.25, -0.2) is 0 Å². The van der Waals surface area contributed by atoms with Crippen molar-refractivity contribution >= 4 is 11.8 Å². The lowest BCUT2D eigenvalue weighted by Crippen LogP contribution is -2.40. The molecule has 0 radical (unpaired) electrons. The molecule has 1 saturated carbocycles. The first-order valence-electron chi connectivity index (χ1n) is 13.0. The Hall–Kier alpha value is -2.40. The van der Waals surface area contributed by atoms with Crippen molar-refractivity contribution in [1.29, 1.82) is 0 Å². The number of carbonyl (C=O) groups is 2. The third kappa shape index (κ3) is 5.14. The van der Waals surface area contributed by atoms with Crippen LogP contribution in [0.3, 0.4) is 0 Å². The average molecular weight is 466 g/mol. The van der Waals surface area contributed by atoms with Crippen molar-refractivity contribution in [2.24, 2.45) is 35.5 Å². The van der Waals surface area contributed by atoms with E-state index in [0.29, 0.717) is 23.4 Å². The summed E-state index contributed by atoms with van der Waals surface area (Å²) in [5.74, 6) is 0.237. The molecule has 1 aromatic heterocycles. The van der Waals surface area contributed by atoms with Crippen molar-refractivity contribution < 1.29 is 19.4 Å². The maximum Gasteiger partial charge on any atom is 0.308 e. The van der Waals surface area contributed by atoms with Crippen molar-refractivity contribution in [1.82, 2.24) is 4.98 Å². The van der Waals surface area contributed by atoms with E-state index in [-0.39, 0.29) is 29.8 Å². The maximum absolute atomic E-state index is 13.4. The molecule has 2 aliphatic carbocycles. The number of ketones is 1. The number of nitrogens with one attached hydrogen (secondary N) is 1. The summed E-state index contributed by atoms with van der Waals surface area (Å²) in [5, 5.41) is 9.43. The number of H-pyrrole nitrogens is 1. The molecule has 1 saturated heterocycles. The highest BCUT2D eigenvalue weighted by Gasteiger charge is 2.42. The molecule has 0 bridgehead atoms. The minimum atomic E-state index is -0.799. The monoisotopic (exact) mass is 465 g/mol. The van der Waals surface area contributed by atoms with E-state index in [0.717, 1.165) is 25.7 Å². The first kappa shape index (κ1) is 24.7. The lowest BCUT2D eigenvalue weighted by atomic mass is 9.69. The van der Waals surface area contributed by atoms with Crippen molar-refractivity contribution in [3.05, 3.63) is 60.0 Å². The van der Waals surface area contributed by atoms with Gasteiger partial charge in [0.05, 0.1) is 23.8 Å². The highest BCUT2D eigenvalue weighted by atomic mass is 16.5. The predicted octanol–water partition coefficient (Wildman–Crippen LogP) is 6.21. The molecule has 8 atom stereocenters. The number of aliphatic carboxylic acids is 1. The molecule has 5 heteroatoms. The van der Waals surface area contributed by atoms with Gasteiger partial charge in [-0.15, -0.1) is 0 Å². The largest absolute Gasteiger partial charge is 0.481 e. The van der Waals surface area contributed by atoms with Crippen LogP contribution in [0.25, 0.3) is 0 Å². The van der Waals surface area contributed by atoms with Gasteiger partial charge >= 0.3 is 5.97 Å². The molecular formula is C29H39NO4. The molecule has 5 nitrogen and oxygen atoms in total. The first-order valence-corrected chi connectivity index (χ1v) is 13.0. The number of carboxylic acid groups (broad SMARTS) is 1. The van der Waals surface area contributed by atoms with Gasteiger partial charge in [0.2, 0.25) is 0 Å². The normalized spacial score (nSPS) is 34.8. The number of hydrogen-bond donors (Lipinski definition) is 2. The summed E-state index contributed by atoms with van der Waals surface area (Å²) in [6, 6.07) is 3.78. The Morgan fingerprint density at radius 2 is 2.06 bits per heavy atom. The molecule has 2 N–H and O–H groups in total. The smallest absolute Gasteiger partial charge is 0.308 e. The average Bonchev–Trinajstić information content (AvgIpc) is 3.53. The first-order chi connectivity index (χ1) is 16.4. The molecule has 2 heterocycles. The van der Waals surface area contributed by atoms with Gasteiger partial charge in [-0.05, 0) is 74.5 Å². The van der Waals surface area contributed by atoms with Crippen LogP contribution < -0.4 is 0 Å². The summed E-state index contributed by atoms with van der Waals surface area (Å²) >= 11 is 0. The fourth-order valence-electron chi connectivity index (χ4n) is 6.26. The molecule has 4 rings (SSSR count). The molecule has 3 aliphatic rings. The molecule has 0 amide bonds. The number of carbonyl (C=O) groups excluding carboxylic acids is 1. The molecule has 34 heavy (non-hydrogen) atoms. The quantitative estimate of drug-likeness (QED) is 0.272. The molecule has 0 aromatic carbocycles. The fraction of sp³-hybridized carbons (Fsp3) is 0.586. The van der Waals surface area contributed by atoms with Crippen LogP contribution in [0.15, 0.2) is 54.3 Å². The van der Waals surface area contributed by atoms with Gasteiger partial charge in [-0.3, -0.25) is 9.59 Å². The van der Waals surface area contributed by atoms with Gasteiger partial charge < -0.3 is 14.8 Å². The zero-order valence-corrected chi connectivity index (χ0v) is 20.7. The van der Waals surface area contributed by atoms with Crippen LogP contribution >= 0.6 is 0 Å². The van der Waals surface area contributed by atoms with Crippen LogP contribution in [0, 0.1) is 35.5 Å². The second-order valence-electron chi connectivity index (χ2n) is 10.5. The third-order valence-corrected chi connectivity index (χ3v) is 8.36. The number of carboxylic acids is 1. The minimum absolute atomic E-state index is 0.0310. The maximum atomic E-state index is 13.4. The van der Waals surface area contributed by atoms with Crippen LogP contribution in [-0.4, -0.2) is 34.1 Å². The SMILES string of the molecule is CC/C(=C\C=C/C1C=CC2CCCC2C1C(=O)c1ccc[nH]1)C1OC(C(C)C(=O)O)CCC1C. The molecule has 1 aliphatic heterocycles. The van der Waals surface area contributed by atoms with Crippen molar-refractivity contribution in [2.75, 3.05) is 0 Å². The predicted molar refractivity (Wildman–Crippen MR) is 133 cm³/mol. The molecule has 0 spiro atoms. The number of fused-ring (bicyclic) bond motifs is 1. The van der Waals surface area contributed by atoms with Gasteiger partial charge in [0, 0.05) is 18.0 Å². The Morgan fingerprint density at radius 3 is 2.76 bits per heavy atom. The Balaban J connectivity index is 1.53. The molecule has 2 fully saturated rings. The second kappa shape index (κ2) is 10.9. The Bertz CT molecular complexity index is 943. The van der Waals surface area contributed by atoms with Crippen LogP contribution in [-0.2, 0) is 9.53 Å². The van der Waals surface area contributed by atoms with Gasteiger partial charge in [0.15, 0.2) is 5.78 Å². The number of hydrogen-bond acceptors (Lipinski definition) is 3. The highest BCUT2D eigenvalue weighted by molar-refractivity contribution is 5.97. The molecular weight excluding hydrogens is 426 g/mol. The number of Topliss-reactive ketones (excluding diaryl/α,β-unsaturated/α-hetero) is 1. The highest BCUT2D eigenvalue weighted by Crippen LogP contribution is 2.46. The minimum Gasteiger partial charge on any atom is -0.481 e. The number of allylic oxidation sites excluding steroid dienone is 5. The van der Waals surface area contributed by atoms with Crippen molar-refractivity contribution in [2.45, 2.75) is 71.5 Å². The number of aromatic nitrogens is 1. The zero-order chi connectivity index (χ0) is 24.2. The van der Waals surface area contributed by atoms with Gasteiger partial charge in [0.1, 0.15) is 0 Å². The number of aromatic amines is 1. The summed E-state index contributed by atoms with van der Waals surface area (Å²) < 4.78 is 6.33. The summed E-state index contributed by atoms with van der Waals surface area (Å²) in [6.45, 7) is 6.05. The number of rotatable bonds is 8. The van der Waals surface area contributed by atoms with E-state index in [9.17, 15) is 14.7 Å². The van der Waals surface area contributed by atoms with Crippen LogP contribution in [0.4, 0.5) is 0 Å². The molecule has 1 aromatic rings. The molecule has 184 valence electrons. The van der Waals surface area contributed by atoms with E-state index >= 15 is 0 Å². The van der Waals surface area contributed by atoms with Crippen molar-refractivity contribution in [3.8, 4) is 0 Å². The lowest BCUT2D eigenvalue weighted by Gasteiger charge is -2.37. The van der Waals surface area contributed by atoms with Crippen molar-refractivity contribution in [3.63, 3.8) is 0 Å². The van der Waals surface area contributed by atoms with E-state index in [2.05, 4.69) is 49.2 Å². The number of ether oxygens (including phenoxy) is 1. The van der Waals surface area contributed by atoms with Gasteiger partial charge in [0.25, 0.3) is 0 Å². The Kier molecular flexibility index (Phi) is 7.92.